The number of nitriles is 1. The first-order valence-corrected chi connectivity index (χ1v) is 7.56. The van der Waals surface area contributed by atoms with Crippen LogP contribution in [-0.2, 0) is 6.54 Å². The van der Waals surface area contributed by atoms with Gasteiger partial charge in [-0.2, -0.15) is 5.26 Å². The first-order chi connectivity index (χ1) is 9.76. The molecule has 1 aliphatic heterocycles. The van der Waals surface area contributed by atoms with Gasteiger partial charge in [-0.25, -0.2) is 0 Å². The summed E-state index contributed by atoms with van der Waals surface area (Å²) in [5.41, 5.74) is 1.84. The van der Waals surface area contributed by atoms with E-state index in [1.54, 1.807) is 7.11 Å². The number of rotatable bonds is 4. The molecular weight excluding hydrogens is 248 g/mol. The lowest BCUT2D eigenvalue weighted by atomic mass is 9.98. The third kappa shape index (κ3) is 3.74. The van der Waals surface area contributed by atoms with Crippen molar-refractivity contribution >= 4 is 0 Å². The summed E-state index contributed by atoms with van der Waals surface area (Å²) in [6, 6.07) is 8.07. The van der Waals surface area contributed by atoms with Crippen molar-refractivity contribution in [1.82, 2.24) is 4.90 Å². The van der Waals surface area contributed by atoms with Crippen LogP contribution in [0.25, 0.3) is 0 Å². The number of ether oxygens (including phenoxy) is 1. The number of hydrogen-bond donors (Lipinski definition) is 0. The zero-order chi connectivity index (χ0) is 14.4. The third-order valence-electron chi connectivity index (χ3n) is 4.31. The van der Waals surface area contributed by atoms with E-state index in [4.69, 9.17) is 10.00 Å². The molecule has 20 heavy (non-hydrogen) atoms. The molecule has 3 heteroatoms. The minimum Gasteiger partial charge on any atom is -0.495 e. The largest absolute Gasteiger partial charge is 0.495 e. The highest BCUT2D eigenvalue weighted by Crippen LogP contribution is 2.23. The van der Waals surface area contributed by atoms with Crippen LogP contribution in [0.5, 0.6) is 5.75 Å². The molecule has 1 aromatic carbocycles. The quantitative estimate of drug-likeness (QED) is 0.840. The minimum absolute atomic E-state index is 0.609. The molecule has 0 radical (unpaired) electrons. The fourth-order valence-electron chi connectivity index (χ4n) is 2.98. The van der Waals surface area contributed by atoms with Crippen molar-refractivity contribution in [2.45, 2.75) is 39.2 Å². The second-order valence-corrected chi connectivity index (χ2v) is 5.63. The molecule has 1 atom stereocenters. The maximum Gasteiger partial charge on any atom is 0.136 e. The van der Waals surface area contributed by atoms with Gasteiger partial charge in [-0.3, -0.25) is 4.90 Å². The Morgan fingerprint density at radius 3 is 2.90 bits per heavy atom. The number of likely N-dealkylation sites (tertiary alicyclic amines) is 1. The van der Waals surface area contributed by atoms with Crippen molar-refractivity contribution in [3.05, 3.63) is 29.3 Å². The van der Waals surface area contributed by atoms with Crippen LogP contribution in [0.2, 0.25) is 0 Å². The smallest absolute Gasteiger partial charge is 0.136 e. The van der Waals surface area contributed by atoms with E-state index in [-0.39, 0.29) is 0 Å². The third-order valence-corrected chi connectivity index (χ3v) is 4.31. The molecule has 108 valence electrons. The average molecular weight is 272 g/mol. The van der Waals surface area contributed by atoms with Crippen molar-refractivity contribution in [1.29, 1.82) is 5.26 Å². The zero-order valence-electron chi connectivity index (χ0n) is 12.6. The Morgan fingerprint density at radius 1 is 1.35 bits per heavy atom. The molecule has 0 N–H and O–H groups in total. The van der Waals surface area contributed by atoms with Crippen molar-refractivity contribution in [3.8, 4) is 11.8 Å². The summed E-state index contributed by atoms with van der Waals surface area (Å²) in [4.78, 5) is 2.52. The summed E-state index contributed by atoms with van der Waals surface area (Å²) < 4.78 is 5.28. The monoisotopic (exact) mass is 272 g/mol. The number of benzene rings is 1. The standard InChI is InChI=1S/C17H24N2O/c1-3-14-5-4-9-19(10-8-14)13-15-6-7-16(12-18)17(11-15)20-2/h6-7,11,14H,3-5,8-10,13H2,1-2H3. The molecule has 1 heterocycles. The van der Waals surface area contributed by atoms with Crippen molar-refractivity contribution in [2.24, 2.45) is 5.92 Å². The molecule has 2 rings (SSSR count). The Kier molecular flexibility index (Phi) is 5.43. The van der Waals surface area contributed by atoms with Crippen LogP contribution in [0.1, 0.15) is 43.7 Å². The first kappa shape index (κ1) is 14.9. The minimum atomic E-state index is 0.609. The van der Waals surface area contributed by atoms with Crippen molar-refractivity contribution < 1.29 is 4.74 Å². The SMILES string of the molecule is CCC1CCCN(Cc2ccc(C#N)c(OC)c2)CC1. The van der Waals surface area contributed by atoms with Gasteiger partial charge in [-0.15, -0.1) is 0 Å². The van der Waals surface area contributed by atoms with Gasteiger partial charge in [0.05, 0.1) is 12.7 Å². The molecule has 3 nitrogen and oxygen atoms in total. The van der Waals surface area contributed by atoms with Gasteiger partial charge in [0.15, 0.2) is 0 Å². The van der Waals surface area contributed by atoms with Gasteiger partial charge in [0, 0.05) is 6.54 Å². The number of nitrogens with zero attached hydrogens (tertiary/aromatic N) is 2. The molecule has 1 aromatic rings. The highest BCUT2D eigenvalue weighted by molar-refractivity contribution is 5.45. The van der Waals surface area contributed by atoms with Crippen LogP contribution in [-0.4, -0.2) is 25.1 Å². The maximum absolute atomic E-state index is 9.01. The van der Waals surface area contributed by atoms with Gasteiger partial charge in [0.2, 0.25) is 0 Å². The Bertz CT molecular complexity index is 478. The molecule has 1 fully saturated rings. The lowest BCUT2D eigenvalue weighted by molar-refractivity contribution is 0.271. The Hall–Kier alpha value is -1.53. The normalized spacial score (nSPS) is 20.1. The maximum atomic E-state index is 9.01. The lowest BCUT2D eigenvalue weighted by Crippen LogP contribution is -2.24. The van der Waals surface area contributed by atoms with Crippen LogP contribution in [0, 0.1) is 17.2 Å². The Balaban J connectivity index is 2.01. The molecule has 0 amide bonds. The highest BCUT2D eigenvalue weighted by Gasteiger charge is 2.16. The molecule has 1 unspecified atom stereocenters. The van der Waals surface area contributed by atoms with Gasteiger partial charge >= 0.3 is 0 Å². The van der Waals surface area contributed by atoms with E-state index < -0.39 is 0 Å². The van der Waals surface area contributed by atoms with Gasteiger partial charge in [0.1, 0.15) is 11.8 Å². The summed E-state index contributed by atoms with van der Waals surface area (Å²) in [6.07, 6.45) is 5.28. The summed E-state index contributed by atoms with van der Waals surface area (Å²) in [6.45, 7) is 5.62. The second-order valence-electron chi connectivity index (χ2n) is 5.63. The van der Waals surface area contributed by atoms with Crippen LogP contribution in [0.15, 0.2) is 18.2 Å². The van der Waals surface area contributed by atoms with Crippen molar-refractivity contribution in [2.75, 3.05) is 20.2 Å². The van der Waals surface area contributed by atoms with Crippen LogP contribution >= 0.6 is 0 Å². The molecule has 0 aliphatic carbocycles. The average Bonchev–Trinajstić information content (AvgIpc) is 2.72. The van der Waals surface area contributed by atoms with E-state index in [9.17, 15) is 0 Å². The Morgan fingerprint density at radius 2 is 2.20 bits per heavy atom. The predicted octanol–water partition coefficient (Wildman–Crippen LogP) is 3.58. The highest BCUT2D eigenvalue weighted by atomic mass is 16.5. The summed E-state index contributed by atoms with van der Waals surface area (Å²) in [5.74, 6) is 1.58. The number of methoxy groups -OCH3 is 1. The van der Waals surface area contributed by atoms with E-state index >= 15 is 0 Å². The first-order valence-electron chi connectivity index (χ1n) is 7.56. The summed E-state index contributed by atoms with van der Waals surface area (Å²) in [5, 5.41) is 9.01. The molecule has 0 bridgehead atoms. The zero-order valence-corrected chi connectivity index (χ0v) is 12.6. The predicted molar refractivity (Wildman–Crippen MR) is 80.6 cm³/mol. The Labute approximate surface area is 122 Å². The van der Waals surface area contributed by atoms with E-state index in [1.807, 2.05) is 18.2 Å². The van der Waals surface area contributed by atoms with Gasteiger partial charge in [-0.1, -0.05) is 19.4 Å². The van der Waals surface area contributed by atoms with Crippen molar-refractivity contribution in [3.63, 3.8) is 0 Å². The second kappa shape index (κ2) is 7.31. The van der Waals surface area contributed by atoms with E-state index in [0.29, 0.717) is 11.3 Å². The fraction of sp³-hybridized carbons (Fsp3) is 0.588. The lowest BCUT2D eigenvalue weighted by Gasteiger charge is -2.20. The van der Waals surface area contributed by atoms with Crippen LogP contribution < -0.4 is 4.74 Å². The molecule has 0 spiro atoms. The van der Waals surface area contributed by atoms with E-state index in [2.05, 4.69) is 17.9 Å². The van der Waals surface area contributed by atoms with Crippen LogP contribution in [0.3, 0.4) is 0 Å². The van der Waals surface area contributed by atoms with E-state index in [0.717, 1.165) is 12.5 Å². The summed E-state index contributed by atoms with van der Waals surface area (Å²) in [7, 11) is 1.62. The fourth-order valence-corrected chi connectivity index (χ4v) is 2.98. The van der Waals surface area contributed by atoms with Gasteiger partial charge in [0.25, 0.3) is 0 Å². The molecule has 1 aliphatic rings. The van der Waals surface area contributed by atoms with Gasteiger partial charge < -0.3 is 4.74 Å². The topological polar surface area (TPSA) is 36.3 Å². The molecule has 1 saturated heterocycles. The summed E-state index contributed by atoms with van der Waals surface area (Å²) >= 11 is 0. The van der Waals surface area contributed by atoms with Gasteiger partial charge in [-0.05, 0) is 56.0 Å². The molecular formula is C17H24N2O. The van der Waals surface area contributed by atoms with E-state index in [1.165, 1.54) is 44.3 Å². The van der Waals surface area contributed by atoms with Crippen LogP contribution in [0.4, 0.5) is 0 Å². The molecule has 0 aromatic heterocycles. The number of hydrogen-bond acceptors (Lipinski definition) is 3. The molecule has 0 saturated carbocycles.